The maximum Gasteiger partial charge on any atom is 0.268 e. The molecule has 1 saturated heterocycles. The first-order valence-electron chi connectivity index (χ1n) is 5.38. The number of carbonyl (C=O) groups is 1. The van der Waals surface area contributed by atoms with Crippen LogP contribution in [-0.2, 0) is 11.8 Å². The van der Waals surface area contributed by atoms with Crippen LogP contribution in [0.1, 0.15) is 23.3 Å². The second-order valence-corrected chi connectivity index (χ2v) is 4.92. The molecule has 1 N–H and O–H groups in total. The number of halogens is 1. The molecule has 2 rings (SSSR count). The van der Waals surface area contributed by atoms with Gasteiger partial charge < -0.3 is 14.6 Å². The van der Waals surface area contributed by atoms with E-state index >= 15 is 0 Å². The molecule has 5 heteroatoms. The highest BCUT2D eigenvalue weighted by molar-refractivity contribution is 9.10. The Kier molecular flexibility index (Phi) is 3.66. The molecule has 1 amide bonds. The Hall–Kier alpha value is -0.810. The van der Waals surface area contributed by atoms with E-state index in [9.17, 15) is 4.79 Å². The lowest BCUT2D eigenvalue weighted by Gasteiger charge is -2.10. The topological polar surface area (TPSA) is 43.3 Å². The molecule has 0 aliphatic carbocycles. The minimum absolute atomic E-state index is 0.0521. The fourth-order valence-electron chi connectivity index (χ4n) is 1.85. The zero-order valence-electron chi connectivity index (χ0n) is 9.20. The fraction of sp³-hybridized carbons (Fsp3) is 0.545. The van der Waals surface area contributed by atoms with Crippen LogP contribution < -0.4 is 5.32 Å². The molecule has 1 aromatic rings. The van der Waals surface area contributed by atoms with Crippen molar-refractivity contribution in [3.8, 4) is 0 Å². The summed E-state index contributed by atoms with van der Waals surface area (Å²) < 4.78 is 8.16. The van der Waals surface area contributed by atoms with Crippen LogP contribution in [0.5, 0.6) is 0 Å². The molecular weight excluding hydrogens is 272 g/mol. The molecule has 0 saturated carbocycles. The molecule has 0 unspecified atom stereocenters. The van der Waals surface area contributed by atoms with E-state index < -0.39 is 0 Å². The van der Waals surface area contributed by atoms with Crippen molar-refractivity contribution < 1.29 is 9.53 Å². The summed E-state index contributed by atoms with van der Waals surface area (Å²) in [4.78, 5) is 11.8. The summed E-state index contributed by atoms with van der Waals surface area (Å²) in [5, 5.41) is 2.89. The van der Waals surface area contributed by atoms with Gasteiger partial charge in [-0.1, -0.05) is 0 Å². The van der Waals surface area contributed by atoms with Crippen LogP contribution in [0, 0.1) is 0 Å². The maximum atomic E-state index is 11.8. The van der Waals surface area contributed by atoms with Crippen molar-refractivity contribution in [1.29, 1.82) is 0 Å². The average molecular weight is 287 g/mol. The van der Waals surface area contributed by atoms with Crippen LogP contribution in [0.2, 0.25) is 0 Å². The second-order valence-electron chi connectivity index (χ2n) is 4.00. The van der Waals surface area contributed by atoms with E-state index in [1.807, 2.05) is 19.3 Å². The van der Waals surface area contributed by atoms with Gasteiger partial charge in [-0.2, -0.15) is 0 Å². The summed E-state index contributed by atoms with van der Waals surface area (Å²) in [7, 11) is 1.85. The normalized spacial score (nSPS) is 20.0. The first-order valence-corrected chi connectivity index (χ1v) is 6.18. The van der Waals surface area contributed by atoms with E-state index in [0.29, 0.717) is 12.2 Å². The summed E-state index contributed by atoms with van der Waals surface area (Å²) in [6.45, 7) is 1.41. The minimum atomic E-state index is -0.0521. The molecule has 1 aromatic heterocycles. The highest BCUT2D eigenvalue weighted by Crippen LogP contribution is 2.14. The molecule has 1 atom stereocenters. The van der Waals surface area contributed by atoms with Gasteiger partial charge in [0.1, 0.15) is 5.69 Å². The monoisotopic (exact) mass is 286 g/mol. The van der Waals surface area contributed by atoms with E-state index in [0.717, 1.165) is 23.9 Å². The summed E-state index contributed by atoms with van der Waals surface area (Å²) in [5.41, 5.74) is 0.657. The molecule has 4 nitrogen and oxygen atoms in total. The predicted octanol–water partition coefficient (Wildman–Crippen LogP) is 1.70. The summed E-state index contributed by atoms with van der Waals surface area (Å²) in [6.07, 6.45) is 4.18. The molecule has 88 valence electrons. The number of nitrogens with zero attached hydrogens (tertiary/aromatic N) is 1. The fourth-order valence-corrected chi connectivity index (χ4v) is 2.38. The van der Waals surface area contributed by atoms with Gasteiger partial charge in [0.15, 0.2) is 0 Å². The van der Waals surface area contributed by atoms with Gasteiger partial charge in [-0.25, -0.2) is 0 Å². The Morgan fingerprint density at radius 1 is 1.75 bits per heavy atom. The number of aryl methyl sites for hydroxylation is 1. The number of aromatic nitrogens is 1. The number of ether oxygens (including phenoxy) is 1. The lowest BCUT2D eigenvalue weighted by atomic mass is 10.2. The second kappa shape index (κ2) is 5.01. The van der Waals surface area contributed by atoms with E-state index in [1.54, 1.807) is 4.57 Å². The Bertz CT molecular complexity index is 383. The zero-order chi connectivity index (χ0) is 11.5. The molecule has 0 bridgehead atoms. The number of amides is 1. The van der Waals surface area contributed by atoms with Gasteiger partial charge in [-0.05, 0) is 34.8 Å². The summed E-state index contributed by atoms with van der Waals surface area (Å²) in [5.74, 6) is -0.0521. The molecule has 2 heterocycles. The molecule has 1 aliphatic rings. The molecule has 0 spiro atoms. The third-order valence-corrected chi connectivity index (χ3v) is 3.15. The van der Waals surface area contributed by atoms with Crippen molar-refractivity contribution in [2.24, 2.45) is 7.05 Å². The third-order valence-electron chi connectivity index (χ3n) is 2.72. The van der Waals surface area contributed by atoms with Crippen LogP contribution >= 0.6 is 15.9 Å². The summed E-state index contributed by atoms with van der Waals surface area (Å²) in [6, 6.07) is 1.81. The van der Waals surface area contributed by atoms with Gasteiger partial charge in [0.25, 0.3) is 5.91 Å². The number of carbonyl (C=O) groups excluding carboxylic acids is 1. The standard InChI is InChI=1S/C11H15BrN2O2/c1-14-7-8(12)5-10(14)11(15)13-6-9-3-2-4-16-9/h5,7,9H,2-4,6H2,1H3,(H,13,15)/t9-/m0/s1. The van der Waals surface area contributed by atoms with Crippen LogP contribution in [0.4, 0.5) is 0 Å². The molecule has 1 fully saturated rings. The minimum Gasteiger partial charge on any atom is -0.376 e. The SMILES string of the molecule is Cn1cc(Br)cc1C(=O)NC[C@@H]1CCCO1. The largest absolute Gasteiger partial charge is 0.376 e. The van der Waals surface area contributed by atoms with E-state index in [1.165, 1.54) is 0 Å². The average Bonchev–Trinajstić information content (AvgIpc) is 2.84. The quantitative estimate of drug-likeness (QED) is 0.919. The van der Waals surface area contributed by atoms with Crippen molar-refractivity contribution in [2.45, 2.75) is 18.9 Å². The molecule has 1 aliphatic heterocycles. The zero-order valence-corrected chi connectivity index (χ0v) is 10.8. The third kappa shape index (κ3) is 2.65. The van der Waals surface area contributed by atoms with Gasteiger partial charge in [0.2, 0.25) is 0 Å². The van der Waals surface area contributed by atoms with Crippen LogP contribution in [0.25, 0.3) is 0 Å². The maximum absolute atomic E-state index is 11.8. The predicted molar refractivity (Wildman–Crippen MR) is 64.4 cm³/mol. The van der Waals surface area contributed by atoms with E-state index in [2.05, 4.69) is 21.2 Å². The Labute approximate surface area is 103 Å². The highest BCUT2D eigenvalue weighted by atomic mass is 79.9. The Balaban J connectivity index is 1.90. The van der Waals surface area contributed by atoms with Crippen LogP contribution in [-0.4, -0.2) is 29.7 Å². The van der Waals surface area contributed by atoms with Crippen molar-refractivity contribution in [2.75, 3.05) is 13.2 Å². The van der Waals surface area contributed by atoms with Crippen molar-refractivity contribution in [3.05, 3.63) is 22.4 Å². The van der Waals surface area contributed by atoms with Gasteiger partial charge in [0.05, 0.1) is 6.10 Å². The number of hydrogen-bond donors (Lipinski definition) is 1. The lowest BCUT2D eigenvalue weighted by molar-refractivity contribution is 0.0851. The number of nitrogens with one attached hydrogen (secondary N) is 1. The lowest BCUT2D eigenvalue weighted by Crippen LogP contribution is -2.32. The van der Waals surface area contributed by atoms with Crippen molar-refractivity contribution in [3.63, 3.8) is 0 Å². The molecule has 0 radical (unpaired) electrons. The van der Waals surface area contributed by atoms with Crippen LogP contribution in [0.3, 0.4) is 0 Å². The van der Waals surface area contributed by atoms with Gasteiger partial charge in [0, 0.05) is 30.9 Å². The Morgan fingerprint density at radius 2 is 2.56 bits per heavy atom. The smallest absolute Gasteiger partial charge is 0.268 e. The Morgan fingerprint density at radius 3 is 3.12 bits per heavy atom. The first-order chi connectivity index (χ1) is 7.66. The highest BCUT2D eigenvalue weighted by Gasteiger charge is 2.17. The van der Waals surface area contributed by atoms with Crippen LogP contribution in [0.15, 0.2) is 16.7 Å². The molecule has 0 aromatic carbocycles. The van der Waals surface area contributed by atoms with E-state index in [-0.39, 0.29) is 12.0 Å². The van der Waals surface area contributed by atoms with Gasteiger partial charge >= 0.3 is 0 Å². The van der Waals surface area contributed by atoms with Gasteiger partial charge in [-0.3, -0.25) is 4.79 Å². The number of hydrogen-bond acceptors (Lipinski definition) is 2. The number of rotatable bonds is 3. The summed E-state index contributed by atoms with van der Waals surface area (Å²) >= 11 is 3.34. The first kappa shape index (κ1) is 11.7. The van der Waals surface area contributed by atoms with Crippen molar-refractivity contribution in [1.82, 2.24) is 9.88 Å². The van der Waals surface area contributed by atoms with Crippen molar-refractivity contribution >= 4 is 21.8 Å². The van der Waals surface area contributed by atoms with E-state index in [4.69, 9.17) is 4.74 Å². The van der Waals surface area contributed by atoms with Gasteiger partial charge in [-0.15, -0.1) is 0 Å². The molecule has 16 heavy (non-hydrogen) atoms. The molecular formula is C11H15BrN2O2.